The lowest BCUT2D eigenvalue weighted by molar-refractivity contribution is -0.125. The molecule has 3 heteroatoms. The third kappa shape index (κ3) is 3.29. The smallest absolute Gasteiger partial charge is 0.237 e. The molecule has 1 saturated heterocycles. The van der Waals surface area contributed by atoms with Crippen molar-refractivity contribution < 1.29 is 4.79 Å². The average Bonchev–Trinajstić information content (AvgIpc) is 2.59. The highest BCUT2D eigenvalue weighted by atomic mass is 16.2. The van der Waals surface area contributed by atoms with Gasteiger partial charge >= 0.3 is 0 Å². The molecule has 1 amide bonds. The minimum absolute atomic E-state index is 0.136. The van der Waals surface area contributed by atoms with Gasteiger partial charge in [-0.2, -0.15) is 0 Å². The molecule has 0 radical (unpaired) electrons. The second-order valence-electron chi connectivity index (χ2n) is 4.14. The SMILES string of the molecule is CCCCCNC(=O)[C@@H]1CCCN1C. The maximum Gasteiger partial charge on any atom is 0.237 e. The highest BCUT2D eigenvalue weighted by Crippen LogP contribution is 2.14. The molecule has 1 heterocycles. The highest BCUT2D eigenvalue weighted by molar-refractivity contribution is 5.81. The van der Waals surface area contributed by atoms with E-state index in [2.05, 4.69) is 17.1 Å². The Morgan fingerprint density at radius 3 is 2.86 bits per heavy atom. The van der Waals surface area contributed by atoms with Crippen molar-refractivity contribution in [2.75, 3.05) is 20.1 Å². The molecule has 0 aromatic heterocycles. The van der Waals surface area contributed by atoms with Crippen LogP contribution in [-0.4, -0.2) is 37.0 Å². The van der Waals surface area contributed by atoms with Crippen LogP contribution in [0.5, 0.6) is 0 Å². The molecule has 0 aromatic carbocycles. The number of carbonyl (C=O) groups is 1. The van der Waals surface area contributed by atoms with Crippen LogP contribution in [0.1, 0.15) is 39.0 Å². The lowest BCUT2D eigenvalue weighted by Gasteiger charge is -2.18. The van der Waals surface area contributed by atoms with Crippen LogP contribution in [0.4, 0.5) is 0 Å². The fourth-order valence-corrected chi connectivity index (χ4v) is 1.95. The average molecular weight is 198 g/mol. The number of rotatable bonds is 5. The van der Waals surface area contributed by atoms with Gasteiger partial charge in [0, 0.05) is 6.54 Å². The summed E-state index contributed by atoms with van der Waals surface area (Å²) in [5.41, 5.74) is 0. The van der Waals surface area contributed by atoms with Gasteiger partial charge in [-0.1, -0.05) is 19.8 Å². The Kier molecular flexibility index (Phi) is 4.94. The minimum Gasteiger partial charge on any atom is -0.355 e. The van der Waals surface area contributed by atoms with Crippen LogP contribution in [0, 0.1) is 0 Å². The van der Waals surface area contributed by atoms with Crippen molar-refractivity contribution in [3.05, 3.63) is 0 Å². The number of hydrogen-bond acceptors (Lipinski definition) is 2. The maximum atomic E-state index is 11.7. The fourth-order valence-electron chi connectivity index (χ4n) is 1.95. The van der Waals surface area contributed by atoms with Gasteiger partial charge in [0.05, 0.1) is 6.04 Å². The number of unbranched alkanes of at least 4 members (excludes halogenated alkanes) is 2. The van der Waals surface area contributed by atoms with Crippen LogP contribution in [0.15, 0.2) is 0 Å². The van der Waals surface area contributed by atoms with E-state index in [1.807, 2.05) is 7.05 Å². The third-order valence-electron chi connectivity index (χ3n) is 2.90. The van der Waals surface area contributed by atoms with Crippen molar-refractivity contribution in [3.63, 3.8) is 0 Å². The predicted molar refractivity (Wildman–Crippen MR) is 58.2 cm³/mol. The normalized spacial score (nSPS) is 22.6. The quantitative estimate of drug-likeness (QED) is 0.677. The molecule has 1 N–H and O–H groups in total. The van der Waals surface area contributed by atoms with Gasteiger partial charge in [0.1, 0.15) is 0 Å². The first-order valence-corrected chi connectivity index (χ1v) is 5.73. The van der Waals surface area contributed by atoms with Crippen LogP contribution < -0.4 is 5.32 Å². The van der Waals surface area contributed by atoms with Crippen LogP contribution in [0.3, 0.4) is 0 Å². The van der Waals surface area contributed by atoms with Gasteiger partial charge in [0.25, 0.3) is 0 Å². The molecular weight excluding hydrogens is 176 g/mol. The summed E-state index contributed by atoms with van der Waals surface area (Å²) >= 11 is 0. The highest BCUT2D eigenvalue weighted by Gasteiger charge is 2.26. The molecule has 1 atom stereocenters. The number of likely N-dealkylation sites (N-methyl/N-ethyl adjacent to an activating group) is 1. The van der Waals surface area contributed by atoms with Crippen molar-refractivity contribution in [3.8, 4) is 0 Å². The zero-order valence-electron chi connectivity index (χ0n) is 9.38. The number of amides is 1. The summed E-state index contributed by atoms with van der Waals surface area (Å²) in [5.74, 6) is 0.223. The van der Waals surface area contributed by atoms with E-state index in [-0.39, 0.29) is 11.9 Å². The summed E-state index contributed by atoms with van der Waals surface area (Å²) < 4.78 is 0. The molecule has 1 fully saturated rings. The van der Waals surface area contributed by atoms with Crippen LogP contribution >= 0.6 is 0 Å². The summed E-state index contributed by atoms with van der Waals surface area (Å²) in [6, 6.07) is 0.136. The summed E-state index contributed by atoms with van der Waals surface area (Å²) in [6.07, 6.45) is 5.71. The first kappa shape index (κ1) is 11.5. The third-order valence-corrected chi connectivity index (χ3v) is 2.90. The van der Waals surface area contributed by atoms with Gasteiger partial charge in [-0.05, 0) is 32.9 Å². The first-order chi connectivity index (χ1) is 6.75. The van der Waals surface area contributed by atoms with Gasteiger partial charge in [-0.15, -0.1) is 0 Å². The number of nitrogens with one attached hydrogen (secondary N) is 1. The summed E-state index contributed by atoms with van der Waals surface area (Å²) in [4.78, 5) is 13.8. The van der Waals surface area contributed by atoms with Crippen molar-refractivity contribution in [1.29, 1.82) is 0 Å². The molecule has 14 heavy (non-hydrogen) atoms. The number of nitrogens with zero attached hydrogens (tertiary/aromatic N) is 1. The van der Waals surface area contributed by atoms with Gasteiger partial charge < -0.3 is 5.32 Å². The van der Waals surface area contributed by atoms with E-state index in [1.54, 1.807) is 0 Å². The zero-order chi connectivity index (χ0) is 10.4. The Morgan fingerprint density at radius 1 is 1.50 bits per heavy atom. The molecule has 1 aliphatic rings. The molecule has 0 aliphatic carbocycles. The van der Waals surface area contributed by atoms with E-state index >= 15 is 0 Å². The van der Waals surface area contributed by atoms with Gasteiger partial charge in [-0.25, -0.2) is 0 Å². The van der Waals surface area contributed by atoms with Crippen molar-refractivity contribution in [1.82, 2.24) is 10.2 Å². The molecule has 82 valence electrons. The minimum atomic E-state index is 0.136. The van der Waals surface area contributed by atoms with E-state index in [0.717, 1.165) is 32.4 Å². The number of carbonyl (C=O) groups excluding carboxylic acids is 1. The molecule has 1 rings (SSSR count). The topological polar surface area (TPSA) is 32.3 Å². The Labute approximate surface area is 86.9 Å². The van der Waals surface area contributed by atoms with Crippen molar-refractivity contribution in [2.45, 2.75) is 45.1 Å². The Balaban J connectivity index is 2.14. The molecule has 0 aromatic rings. The largest absolute Gasteiger partial charge is 0.355 e. The summed E-state index contributed by atoms with van der Waals surface area (Å²) in [6.45, 7) is 4.08. The number of likely N-dealkylation sites (tertiary alicyclic amines) is 1. The Hall–Kier alpha value is -0.570. The van der Waals surface area contributed by atoms with Gasteiger partial charge in [-0.3, -0.25) is 9.69 Å². The molecule has 0 spiro atoms. The van der Waals surface area contributed by atoms with E-state index in [9.17, 15) is 4.79 Å². The lowest BCUT2D eigenvalue weighted by atomic mass is 10.2. The first-order valence-electron chi connectivity index (χ1n) is 5.73. The van der Waals surface area contributed by atoms with E-state index in [0.29, 0.717) is 0 Å². The summed E-state index contributed by atoms with van der Waals surface area (Å²) in [7, 11) is 2.03. The van der Waals surface area contributed by atoms with Gasteiger partial charge in [0.2, 0.25) is 5.91 Å². The van der Waals surface area contributed by atoms with Crippen LogP contribution in [0.2, 0.25) is 0 Å². The Morgan fingerprint density at radius 2 is 2.29 bits per heavy atom. The maximum absolute atomic E-state index is 11.7. The predicted octanol–water partition coefficient (Wildman–Crippen LogP) is 1.39. The second kappa shape index (κ2) is 6.02. The standard InChI is InChI=1S/C11H22N2O/c1-3-4-5-8-12-11(14)10-7-6-9-13(10)2/h10H,3-9H2,1-2H3,(H,12,14)/t10-/m0/s1. The zero-order valence-corrected chi connectivity index (χ0v) is 9.38. The molecule has 0 saturated carbocycles. The van der Waals surface area contributed by atoms with Crippen molar-refractivity contribution in [2.24, 2.45) is 0 Å². The van der Waals surface area contributed by atoms with Gasteiger partial charge in [0.15, 0.2) is 0 Å². The van der Waals surface area contributed by atoms with Crippen LogP contribution in [0.25, 0.3) is 0 Å². The monoisotopic (exact) mass is 198 g/mol. The fraction of sp³-hybridized carbons (Fsp3) is 0.909. The van der Waals surface area contributed by atoms with E-state index < -0.39 is 0 Å². The molecule has 0 bridgehead atoms. The molecular formula is C11H22N2O. The van der Waals surface area contributed by atoms with Crippen LogP contribution in [-0.2, 0) is 4.79 Å². The van der Waals surface area contributed by atoms with Crippen molar-refractivity contribution >= 4 is 5.91 Å². The lowest BCUT2D eigenvalue weighted by Crippen LogP contribution is -2.41. The molecule has 1 aliphatic heterocycles. The molecule has 3 nitrogen and oxygen atoms in total. The number of hydrogen-bond donors (Lipinski definition) is 1. The molecule has 0 unspecified atom stereocenters. The second-order valence-corrected chi connectivity index (χ2v) is 4.14. The van der Waals surface area contributed by atoms with E-state index in [4.69, 9.17) is 0 Å². The summed E-state index contributed by atoms with van der Waals surface area (Å²) in [5, 5.41) is 3.01. The Bertz CT molecular complexity index is 182. The van der Waals surface area contributed by atoms with E-state index in [1.165, 1.54) is 12.8 Å².